The molecule has 0 aliphatic carbocycles. The zero-order valence-corrected chi connectivity index (χ0v) is 22.3. The lowest BCUT2D eigenvalue weighted by Crippen LogP contribution is -2.60. The van der Waals surface area contributed by atoms with Gasteiger partial charge in [0.1, 0.15) is 18.1 Å². The van der Waals surface area contributed by atoms with E-state index in [1.165, 1.54) is 6.92 Å². The van der Waals surface area contributed by atoms with Crippen molar-refractivity contribution in [3.8, 4) is 0 Å². The molecule has 39 heavy (non-hydrogen) atoms. The molecular weight excluding hydrogens is 508 g/mol. The molecule has 5 atom stereocenters. The number of amides is 4. The largest absolute Gasteiger partial charge is 0.480 e. The summed E-state index contributed by atoms with van der Waals surface area (Å²) in [4.78, 5) is 64.9. The smallest absolute Gasteiger partial charge is 0.326 e. The van der Waals surface area contributed by atoms with Crippen molar-refractivity contribution in [1.29, 1.82) is 0 Å². The Morgan fingerprint density at radius 2 is 1.59 bits per heavy atom. The molecule has 5 unspecified atom stereocenters. The first-order chi connectivity index (χ1) is 18.3. The lowest BCUT2D eigenvalue weighted by molar-refractivity contribution is -0.143. The van der Waals surface area contributed by atoms with E-state index in [1.807, 2.05) is 32.0 Å². The summed E-state index contributed by atoms with van der Waals surface area (Å²) in [5.41, 5.74) is 12.6. The maximum absolute atomic E-state index is 13.0. The molecule has 0 bridgehead atoms. The minimum absolute atomic E-state index is 0.0589. The van der Waals surface area contributed by atoms with Crippen LogP contribution in [-0.2, 0) is 30.4 Å². The van der Waals surface area contributed by atoms with Gasteiger partial charge in [-0.15, -0.1) is 0 Å². The molecule has 2 aromatic rings. The number of carbonyl (C=O) groups excluding carboxylic acids is 4. The first-order valence-electron chi connectivity index (χ1n) is 12.7. The summed E-state index contributed by atoms with van der Waals surface area (Å²) < 4.78 is 0. The number of hydrogen-bond acceptors (Lipinski definition) is 7. The number of aliphatic carboxylic acids is 1. The number of aliphatic hydroxyl groups is 1. The molecule has 10 N–H and O–H groups in total. The van der Waals surface area contributed by atoms with E-state index < -0.39 is 59.9 Å². The second-order valence-electron chi connectivity index (χ2n) is 9.99. The van der Waals surface area contributed by atoms with Gasteiger partial charge in [0.2, 0.25) is 23.6 Å². The molecule has 13 nitrogen and oxygen atoms in total. The third-order valence-corrected chi connectivity index (χ3v) is 6.15. The first kappa shape index (κ1) is 31.2. The number of primary amides is 1. The van der Waals surface area contributed by atoms with Gasteiger partial charge < -0.3 is 42.6 Å². The topological polar surface area (TPSA) is 230 Å². The van der Waals surface area contributed by atoms with Crippen LogP contribution in [0, 0.1) is 5.92 Å². The Balaban J connectivity index is 2.16. The minimum Gasteiger partial charge on any atom is -0.480 e. The van der Waals surface area contributed by atoms with E-state index in [1.54, 1.807) is 12.3 Å². The summed E-state index contributed by atoms with van der Waals surface area (Å²) in [6.07, 6.45) is 0.102. The fourth-order valence-electron chi connectivity index (χ4n) is 4.09. The van der Waals surface area contributed by atoms with Crippen molar-refractivity contribution >= 4 is 40.5 Å². The predicted molar refractivity (Wildman–Crippen MR) is 143 cm³/mol. The molecule has 214 valence electrons. The number of aromatic amines is 1. The first-order valence-corrected chi connectivity index (χ1v) is 12.7. The molecule has 2 rings (SSSR count). The normalized spacial score (nSPS) is 15.1. The van der Waals surface area contributed by atoms with E-state index in [9.17, 15) is 34.2 Å². The SMILES string of the molecule is CC(C)CC(N)C(=O)NC(CCC(N)=O)C(=O)NC(C(=O)NC(Cc1c[nH]c2ccccc12)C(=O)O)C(C)O. The summed E-state index contributed by atoms with van der Waals surface area (Å²) >= 11 is 0. The van der Waals surface area contributed by atoms with Crippen LogP contribution < -0.4 is 27.4 Å². The molecule has 0 aliphatic heterocycles. The molecule has 4 amide bonds. The Hall–Kier alpha value is -3.97. The summed E-state index contributed by atoms with van der Waals surface area (Å²) in [5.74, 6) is -4.35. The highest BCUT2D eigenvalue weighted by Crippen LogP contribution is 2.19. The second-order valence-corrected chi connectivity index (χ2v) is 9.99. The fraction of sp³-hybridized carbons (Fsp3) is 0.500. The Morgan fingerprint density at radius 1 is 0.949 bits per heavy atom. The van der Waals surface area contributed by atoms with Crippen molar-refractivity contribution in [2.75, 3.05) is 0 Å². The third kappa shape index (κ3) is 9.37. The van der Waals surface area contributed by atoms with Crippen LogP contribution >= 0.6 is 0 Å². The number of rotatable bonds is 15. The van der Waals surface area contributed by atoms with E-state index in [2.05, 4.69) is 20.9 Å². The second kappa shape index (κ2) is 14.3. The van der Waals surface area contributed by atoms with Gasteiger partial charge in [0.25, 0.3) is 0 Å². The highest BCUT2D eigenvalue weighted by atomic mass is 16.4. The number of nitrogens with two attached hydrogens (primary N) is 2. The van der Waals surface area contributed by atoms with Crippen molar-refractivity contribution in [2.45, 2.75) is 76.7 Å². The third-order valence-electron chi connectivity index (χ3n) is 6.15. The monoisotopic (exact) mass is 546 g/mol. The van der Waals surface area contributed by atoms with Crippen molar-refractivity contribution < 1.29 is 34.2 Å². The van der Waals surface area contributed by atoms with Gasteiger partial charge in [-0.2, -0.15) is 0 Å². The molecule has 1 heterocycles. The number of carboxylic acids is 1. The summed E-state index contributed by atoms with van der Waals surface area (Å²) in [6.45, 7) is 4.99. The number of fused-ring (bicyclic) bond motifs is 1. The number of aromatic nitrogens is 1. The average molecular weight is 547 g/mol. The Kier molecular flexibility index (Phi) is 11.4. The molecule has 1 aromatic carbocycles. The van der Waals surface area contributed by atoms with Crippen LogP contribution in [0.3, 0.4) is 0 Å². The molecule has 1 aromatic heterocycles. The number of aliphatic hydroxyl groups excluding tert-OH is 1. The predicted octanol–water partition coefficient (Wildman–Crippen LogP) is -0.731. The Bertz CT molecular complexity index is 1180. The van der Waals surface area contributed by atoms with Gasteiger partial charge in [-0.1, -0.05) is 32.0 Å². The van der Waals surface area contributed by atoms with E-state index in [-0.39, 0.29) is 25.2 Å². The lowest BCUT2D eigenvalue weighted by atomic mass is 10.0. The molecule has 0 fully saturated rings. The molecule has 0 spiro atoms. The standard InChI is InChI=1S/C26H38N6O7/c1-13(2)10-17(27)23(35)30-19(8-9-21(28)34)24(36)32-22(14(3)33)25(37)31-20(26(38)39)11-15-12-29-18-7-5-4-6-16(15)18/h4-7,12-14,17,19-20,22,29,33H,8-11,27H2,1-3H3,(H2,28,34)(H,30,35)(H,31,37)(H,32,36)(H,38,39). The van der Waals surface area contributed by atoms with Crippen LogP contribution in [0.5, 0.6) is 0 Å². The Labute approximate surface area is 226 Å². The van der Waals surface area contributed by atoms with Crippen molar-refractivity contribution in [3.05, 3.63) is 36.0 Å². The van der Waals surface area contributed by atoms with Gasteiger partial charge >= 0.3 is 5.97 Å². The summed E-state index contributed by atoms with van der Waals surface area (Å²) in [6, 6.07) is 2.16. The zero-order chi connectivity index (χ0) is 29.3. The van der Waals surface area contributed by atoms with Crippen LogP contribution in [-0.4, -0.2) is 75.1 Å². The van der Waals surface area contributed by atoms with E-state index in [0.29, 0.717) is 12.0 Å². The van der Waals surface area contributed by atoms with E-state index >= 15 is 0 Å². The molecule has 0 radical (unpaired) electrons. The highest BCUT2D eigenvalue weighted by molar-refractivity contribution is 5.95. The number of hydrogen-bond donors (Lipinski definition) is 8. The number of carboxylic acid groups (broad SMARTS) is 1. The van der Waals surface area contributed by atoms with Crippen LogP contribution in [0.4, 0.5) is 0 Å². The van der Waals surface area contributed by atoms with Gasteiger partial charge in [0, 0.05) is 29.9 Å². The molecule has 0 saturated carbocycles. The van der Waals surface area contributed by atoms with Gasteiger partial charge in [0.15, 0.2) is 0 Å². The summed E-state index contributed by atoms with van der Waals surface area (Å²) in [7, 11) is 0. The van der Waals surface area contributed by atoms with Gasteiger partial charge in [-0.25, -0.2) is 4.79 Å². The average Bonchev–Trinajstić information content (AvgIpc) is 3.26. The van der Waals surface area contributed by atoms with Gasteiger partial charge in [0.05, 0.1) is 12.1 Å². The van der Waals surface area contributed by atoms with Crippen molar-refractivity contribution in [2.24, 2.45) is 17.4 Å². The van der Waals surface area contributed by atoms with Crippen LogP contribution in [0.15, 0.2) is 30.5 Å². The maximum atomic E-state index is 13.0. The molecule has 0 aliphatic rings. The van der Waals surface area contributed by atoms with Crippen LogP contribution in [0.1, 0.15) is 45.6 Å². The zero-order valence-electron chi connectivity index (χ0n) is 22.3. The van der Waals surface area contributed by atoms with Gasteiger partial charge in [-0.3, -0.25) is 19.2 Å². The van der Waals surface area contributed by atoms with Crippen LogP contribution in [0.2, 0.25) is 0 Å². The minimum atomic E-state index is -1.56. The molecule has 13 heteroatoms. The number of H-pyrrole nitrogens is 1. The summed E-state index contributed by atoms with van der Waals surface area (Å²) in [5, 5.41) is 28.0. The number of benzene rings is 1. The molecule has 0 saturated heterocycles. The highest BCUT2D eigenvalue weighted by Gasteiger charge is 2.33. The fourth-order valence-corrected chi connectivity index (χ4v) is 4.09. The maximum Gasteiger partial charge on any atom is 0.326 e. The van der Waals surface area contributed by atoms with Crippen molar-refractivity contribution in [3.63, 3.8) is 0 Å². The Morgan fingerprint density at radius 3 is 2.18 bits per heavy atom. The number of nitrogens with one attached hydrogen (secondary N) is 4. The van der Waals surface area contributed by atoms with Crippen molar-refractivity contribution in [1.82, 2.24) is 20.9 Å². The quantitative estimate of drug-likeness (QED) is 0.142. The van der Waals surface area contributed by atoms with Crippen LogP contribution in [0.25, 0.3) is 10.9 Å². The lowest BCUT2D eigenvalue weighted by Gasteiger charge is -2.26. The molecular formula is C26H38N6O7. The van der Waals surface area contributed by atoms with Gasteiger partial charge in [-0.05, 0) is 37.3 Å². The number of carbonyl (C=O) groups is 5. The number of para-hydroxylation sites is 1. The van der Waals surface area contributed by atoms with E-state index in [4.69, 9.17) is 11.5 Å². The van der Waals surface area contributed by atoms with E-state index in [0.717, 1.165) is 10.9 Å².